The highest BCUT2D eigenvalue weighted by molar-refractivity contribution is 7.09. The van der Waals surface area contributed by atoms with Gasteiger partial charge in [0.25, 0.3) is 0 Å². The first kappa shape index (κ1) is 22.2. The summed E-state index contributed by atoms with van der Waals surface area (Å²) in [6.07, 6.45) is 1.11. The Morgan fingerprint density at radius 3 is 1.94 bits per heavy atom. The van der Waals surface area contributed by atoms with Gasteiger partial charge in [0.2, 0.25) is 5.13 Å². The molecule has 4 aromatic rings. The van der Waals surface area contributed by atoms with Crippen LogP contribution in [0.1, 0.15) is 22.5 Å². The van der Waals surface area contributed by atoms with Crippen LogP contribution in [0.2, 0.25) is 0 Å². The third-order valence-electron chi connectivity index (χ3n) is 5.04. The molecule has 0 saturated heterocycles. The summed E-state index contributed by atoms with van der Waals surface area (Å²) in [5.41, 5.74) is 2.55. The quantitative estimate of drug-likeness (QED) is 0.156. The van der Waals surface area contributed by atoms with E-state index in [0.717, 1.165) is 16.7 Å². The fourth-order valence-corrected chi connectivity index (χ4v) is 4.29. The first-order valence-electron chi connectivity index (χ1n) is 10.3. The number of oxime groups is 1. The molecule has 0 saturated carbocycles. The molecule has 0 bridgehead atoms. The first-order valence-corrected chi connectivity index (χ1v) is 11.1. The van der Waals surface area contributed by atoms with E-state index in [1.807, 2.05) is 54.6 Å². The molecule has 0 unspecified atom stereocenters. The van der Waals surface area contributed by atoms with E-state index in [4.69, 9.17) is 9.94 Å². The van der Waals surface area contributed by atoms with Crippen molar-refractivity contribution in [2.24, 2.45) is 5.16 Å². The number of carboxylic acid groups (broad SMARTS) is 1. The van der Waals surface area contributed by atoms with Crippen LogP contribution in [0.25, 0.3) is 0 Å². The van der Waals surface area contributed by atoms with Crippen molar-refractivity contribution >= 4 is 28.8 Å². The number of hydrogen-bond acceptors (Lipinski definition) is 7. The van der Waals surface area contributed by atoms with Gasteiger partial charge in [0.05, 0.1) is 0 Å². The zero-order chi connectivity index (χ0) is 22.9. The second-order valence-electron chi connectivity index (χ2n) is 7.14. The van der Waals surface area contributed by atoms with Crippen LogP contribution in [-0.2, 0) is 21.6 Å². The van der Waals surface area contributed by atoms with Crippen LogP contribution in [-0.4, -0.2) is 33.3 Å². The number of nitrogens with one attached hydrogen (secondary N) is 1. The molecule has 166 valence electrons. The van der Waals surface area contributed by atoms with E-state index in [2.05, 4.69) is 56.2 Å². The zero-order valence-corrected chi connectivity index (χ0v) is 18.5. The monoisotopic (exact) mass is 458 g/mol. The topological polar surface area (TPSA) is 96.7 Å². The van der Waals surface area contributed by atoms with Gasteiger partial charge in [-0.05, 0) is 16.7 Å². The molecule has 3 aromatic carbocycles. The molecular formula is C25H22N4O3S. The van der Waals surface area contributed by atoms with Crippen molar-refractivity contribution in [3.05, 3.63) is 114 Å². The molecule has 4 rings (SSSR count). The fourth-order valence-electron chi connectivity index (χ4n) is 3.62. The molecule has 0 radical (unpaired) electrons. The third kappa shape index (κ3) is 5.24. The first-order chi connectivity index (χ1) is 16.2. The normalized spacial score (nSPS) is 11.4. The maximum atomic E-state index is 10.5. The standard InChI is InChI=1S/C25H22N4O3S/c30-23(31)18-26-32-17-16-22-27-24(33-29-22)28-25(19-10-4-1-5-11-19,20-12-6-2-7-13-20)21-14-8-3-9-15-21/h1-15,18H,16-17H2,(H,30,31)(H,27,28,29). The molecular weight excluding hydrogens is 436 g/mol. The lowest BCUT2D eigenvalue weighted by Gasteiger charge is -2.36. The van der Waals surface area contributed by atoms with Crippen molar-refractivity contribution in [1.29, 1.82) is 0 Å². The van der Waals surface area contributed by atoms with Gasteiger partial charge in [0, 0.05) is 18.0 Å². The Labute approximate surface area is 195 Å². The van der Waals surface area contributed by atoms with Gasteiger partial charge in [0.1, 0.15) is 18.0 Å². The molecule has 0 fully saturated rings. The summed E-state index contributed by atoms with van der Waals surface area (Å²) >= 11 is 1.27. The Bertz CT molecular complexity index is 1100. The number of aliphatic carboxylic acids is 1. The van der Waals surface area contributed by atoms with Gasteiger partial charge >= 0.3 is 5.97 Å². The van der Waals surface area contributed by atoms with Crippen LogP contribution >= 0.6 is 11.5 Å². The highest BCUT2D eigenvalue weighted by Crippen LogP contribution is 2.40. The molecule has 33 heavy (non-hydrogen) atoms. The molecule has 1 aromatic heterocycles. The Morgan fingerprint density at radius 1 is 0.939 bits per heavy atom. The molecule has 0 amide bonds. The second-order valence-corrected chi connectivity index (χ2v) is 7.90. The average Bonchev–Trinajstić information content (AvgIpc) is 3.31. The van der Waals surface area contributed by atoms with Crippen LogP contribution in [0.4, 0.5) is 5.13 Å². The van der Waals surface area contributed by atoms with Crippen LogP contribution in [0.3, 0.4) is 0 Å². The summed E-state index contributed by atoms with van der Waals surface area (Å²) in [5, 5.41) is 16.3. The lowest BCUT2D eigenvalue weighted by atomic mass is 9.77. The van der Waals surface area contributed by atoms with Crippen LogP contribution in [0, 0.1) is 0 Å². The predicted octanol–water partition coefficient (Wildman–Crippen LogP) is 4.57. The molecule has 2 N–H and O–H groups in total. The molecule has 1 heterocycles. The van der Waals surface area contributed by atoms with Gasteiger partial charge in [-0.25, -0.2) is 9.78 Å². The lowest BCUT2D eigenvalue weighted by molar-refractivity contribution is -0.129. The average molecular weight is 459 g/mol. The molecule has 7 nitrogen and oxygen atoms in total. The summed E-state index contributed by atoms with van der Waals surface area (Å²) < 4.78 is 4.43. The highest BCUT2D eigenvalue weighted by Gasteiger charge is 2.37. The van der Waals surface area contributed by atoms with E-state index in [9.17, 15) is 4.79 Å². The van der Waals surface area contributed by atoms with Gasteiger partial charge in [-0.2, -0.15) is 4.37 Å². The van der Waals surface area contributed by atoms with E-state index in [0.29, 0.717) is 23.6 Å². The number of carbonyl (C=O) groups is 1. The Balaban J connectivity index is 1.68. The third-order valence-corrected chi connectivity index (χ3v) is 5.71. The number of benzene rings is 3. The summed E-state index contributed by atoms with van der Waals surface area (Å²) in [7, 11) is 0. The van der Waals surface area contributed by atoms with Crippen LogP contribution in [0.15, 0.2) is 96.2 Å². The lowest BCUT2D eigenvalue weighted by Crippen LogP contribution is -2.38. The smallest absolute Gasteiger partial charge is 0.350 e. The molecule has 0 aliphatic carbocycles. The number of hydrogen-bond donors (Lipinski definition) is 2. The Kier molecular flexibility index (Phi) is 7.06. The maximum absolute atomic E-state index is 10.5. The van der Waals surface area contributed by atoms with Gasteiger partial charge in [-0.1, -0.05) is 96.2 Å². The van der Waals surface area contributed by atoms with Crippen molar-refractivity contribution < 1.29 is 14.7 Å². The SMILES string of the molecule is O=C(O)C=NOCCc1nsc(NC(c2ccccc2)(c2ccccc2)c2ccccc2)n1. The zero-order valence-electron chi connectivity index (χ0n) is 17.7. The molecule has 0 aliphatic heterocycles. The minimum atomic E-state index is -1.16. The summed E-state index contributed by atoms with van der Waals surface area (Å²) in [4.78, 5) is 20.1. The van der Waals surface area contributed by atoms with Crippen molar-refractivity contribution in [1.82, 2.24) is 9.36 Å². The van der Waals surface area contributed by atoms with E-state index < -0.39 is 11.5 Å². The predicted molar refractivity (Wildman–Crippen MR) is 129 cm³/mol. The van der Waals surface area contributed by atoms with Crippen molar-refractivity contribution in [3.8, 4) is 0 Å². The fraction of sp³-hybridized carbons (Fsp3) is 0.120. The summed E-state index contributed by atoms with van der Waals surface area (Å²) in [5.74, 6) is -0.566. The number of rotatable bonds is 10. The second kappa shape index (κ2) is 10.5. The Hall–Kier alpha value is -4.04. The largest absolute Gasteiger partial charge is 0.477 e. The number of carboxylic acids is 1. The van der Waals surface area contributed by atoms with Gasteiger partial charge in [0.15, 0.2) is 6.21 Å². The molecule has 0 aliphatic rings. The van der Waals surface area contributed by atoms with Crippen molar-refractivity contribution in [2.75, 3.05) is 11.9 Å². The van der Waals surface area contributed by atoms with Gasteiger partial charge in [-0.15, -0.1) is 0 Å². The number of aromatic nitrogens is 2. The van der Waals surface area contributed by atoms with E-state index in [1.54, 1.807) is 0 Å². The number of anilines is 1. The van der Waals surface area contributed by atoms with Crippen LogP contribution in [0.5, 0.6) is 0 Å². The van der Waals surface area contributed by atoms with Crippen LogP contribution < -0.4 is 5.32 Å². The van der Waals surface area contributed by atoms with Crippen molar-refractivity contribution in [3.63, 3.8) is 0 Å². The van der Waals surface area contributed by atoms with E-state index in [1.165, 1.54) is 11.5 Å². The molecule has 8 heteroatoms. The summed E-state index contributed by atoms with van der Waals surface area (Å²) in [6, 6.07) is 30.8. The van der Waals surface area contributed by atoms with Gasteiger partial charge in [-0.3, -0.25) is 0 Å². The van der Waals surface area contributed by atoms with Gasteiger partial charge < -0.3 is 15.3 Å². The van der Waals surface area contributed by atoms with Crippen molar-refractivity contribution in [2.45, 2.75) is 12.0 Å². The maximum Gasteiger partial charge on any atom is 0.350 e. The summed E-state index contributed by atoms with van der Waals surface area (Å²) in [6.45, 7) is 0.182. The highest BCUT2D eigenvalue weighted by atomic mass is 32.1. The molecule has 0 spiro atoms. The Morgan fingerprint density at radius 2 is 1.45 bits per heavy atom. The minimum Gasteiger partial charge on any atom is -0.477 e. The number of nitrogens with zero attached hydrogens (tertiary/aromatic N) is 3. The minimum absolute atomic E-state index is 0.182. The van der Waals surface area contributed by atoms with E-state index >= 15 is 0 Å². The molecule has 0 atom stereocenters. The van der Waals surface area contributed by atoms with E-state index in [-0.39, 0.29) is 6.61 Å².